The summed E-state index contributed by atoms with van der Waals surface area (Å²) in [5.74, 6) is 0.510. The topological polar surface area (TPSA) is 110 Å². The van der Waals surface area contributed by atoms with E-state index in [-0.39, 0.29) is 36.6 Å². The number of nitrogens with one attached hydrogen (secondary N) is 1. The van der Waals surface area contributed by atoms with E-state index >= 15 is 0 Å². The number of rotatable bonds is 9. The van der Waals surface area contributed by atoms with Crippen molar-refractivity contribution in [2.45, 2.75) is 39.0 Å². The highest BCUT2D eigenvalue weighted by Gasteiger charge is 2.17. The number of hydrogen-bond donors (Lipinski definition) is 1. The normalized spacial score (nSPS) is 16.4. The molecule has 1 aliphatic heterocycles. The Morgan fingerprint density at radius 3 is 2.85 bits per heavy atom. The third-order valence-corrected chi connectivity index (χ3v) is 5.85. The van der Waals surface area contributed by atoms with Crippen LogP contribution in [0.2, 0.25) is 5.02 Å². The second kappa shape index (κ2) is 10.5. The Bertz CT molecular complexity index is 1230. The molecule has 3 heterocycles. The van der Waals surface area contributed by atoms with Gasteiger partial charge in [-0.1, -0.05) is 11.6 Å². The lowest BCUT2D eigenvalue weighted by atomic mass is 10.2. The molecule has 4 rings (SSSR count). The van der Waals surface area contributed by atoms with E-state index in [1.54, 1.807) is 25.2 Å². The van der Waals surface area contributed by atoms with E-state index in [1.165, 1.54) is 4.57 Å². The van der Waals surface area contributed by atoms with Crippen LogP contribution in [0.25, 0.3) is 11.2 Å². The number of nitrogens with zero attached hydrogens (tertiary/aromatic N) is 3. The molecule has 33 heavy (non-hydrogen) atoms. The Morgan fingerprint density at radius 1 is 1.24 bits per heavy atom. The van der Waals surface area contributed by atoms with Gasteiger partial charge in [0.2, 0.25) is 0 Å². The minimum absolute atomic E-state index is 0.104. The van der Waals surface area contributed by atoms with Crippen molar-refractivity contribution >= 4 is 22.8 Å². The third-order valence-electron chi connectivity index (χ3n) is 5.43. The average molecular weight is 479 g/mol. The van der Waals surface area contributed by atoms with Crippen LogP contribution in [0.15, 0.2) is 27.8 Å². The van der Waals surface area contributed by atoms with Gasteiger partial charge in [0.25, 0.3) is 5.56 Å². The summed E-state index contributed by atoms with van der Waals surface area (Å²) >= 11 is 6.05. The van der Waals surface area contributed by atoms with Crippen LogP contribution in [-0.2, 0) is 27.8 Å². The van der Waals surface area contributed by atoms with Gasteiger partial charge in [0.15, 0.2) is 17.5 Å². The van der Waals surface area contributed by atoms with E-state index in [1.807, 2.05) is 6.92 Å². The zero-order valence-electron chi connectivity index (χ0n) is 18.6. The molecule has 11 heteroatoms. The Labute approximate surface area is 195 Å². The minimum atomic E-state index is -0.488. The lowest BCUT2D eigenvalue weighted by Gasteiger charge is -2.22. The Hall–Kier alpha value is -2.66. The van der Waals surface area contributed by atoms with Crippen LogP contribution >= 0.6 is 11.6 Å². The van der Waals surface area contributed by atoms with Crippen molar-refractivity contribution in [2.24, 2.45) is 7.05 Å². The second-order valence-corrected chi connectivity index (χ2v) is 8.24. The Kier molecular flexibility index (Phi) is 7.49. The van der Waals surface area contributed by atoms with E-state index in [4.69, 9.17) is 30.5 Å². The molecule has 1 aliphatic rings. The van der Waals surface area contributed by atoms with Crippen LogP contribution in [-0.4, -0.2) is 51.8 Å². The molecule has 0 bridgehead atoms. The van der Waals surface area contributed by atoms with Gasteiger partial charge in [0, 0.05) is 18.7 Å². The molecule has 0 saturated carbocycles. The van der Waals surface area contributed by atoms with Gasteiger partial charge in [-0.2, -0.15) is 4.98 Å². The fourth-order valence-corrected chi connectivity index (χ4v) is 3.72. The summed E-state index contributed by atoms with van der Waals surface area (Å²) in [6.45, 7) is 3.61. The SMILES string of the molecule is Cc1cc(Oc2nc3c([nH]2)c(=O)n(CCOCCOC2CCCCO2)c(=O)n3C)ccc1Cl. The van der Waals surface area contributed by atoms with E-state index in [0.29, 0.717) is 24.0 Å². The van der Waals surface area contributed by atoms with Crippen LogP contribution in [0.5, 0.6) is 11.8 Å². The van der Waals surface area contributed by atoms with E-state index in [2.05, 4.69) is 9.97 Å². The first kappa shape index (κ1) is 23.5. The van der Waals surface area contributed by atoms with Crippen molar-refractivity contribution in [3.8, 4) is 11.8 Å². The van der Waals surface area contributed by atoms with Gasteiger partial charge in [-0.3, -0.25) is 13.9 Å². The van der Waals surface area contributed by atoms with Crippen LogP contribution in [0.1, 0.15) is 24.8 Å². The fraction of sp³-hybridized carbons (Fsp3) is 0.500. The predicted molar refractivity (Wildman–Crippen MR) is 122 cm³/mol. The number of ether oxygens (including phenoxy) is 4. The summed E-state index contributed by atoms with van der Waals surface area (Å²) in [5, 5.41) is 0.619. The van der Waals surface area contributed by atoms with Crippen molar-refractivity contribution < 1.29 is 18.9 Å². The lowest BCUT2D eigenvalue weighted by Crippen LogP contribution is -2.40. The number of aryl methyl sites for hydroxylation is 2. The molecule has 1 fully saturated rings. The number of benzene rings is 1. The first-order chi connectivity index (χ1) is 15.9. The molecule has 1 unspecified atom stereocenters. The average Bonchev–Trinajstić information content (AvgIpc) is 3.24. The number of halogens is 1. The van der Waals surface area contributed by atoms with Crippen molar-refractivity contribution in [3.05, 3.63) is 49.6 Å². The molecule has 0 aliphatic carbocycles. The van der Waals surface area contributed by atoms with Crippen LogP contribution in [0.3, 0.4) is 0 Å². The molecule has 1 aromatic carbocycles. The highest BCUT2D eigenvalue weighted by Crippen LogP contribution is 2.25. The highest BCUT2D eigenvalue weighted by molar-refractivity contribution is 6.31. The third kappa shape index (κ3) is 5.47. The van der Waals surface area contributed by atoms with Crippen molar-refractivity contribution in [1.82, 2.24) is 19.1 Å². The number of aromatic amines is 1. The molecule has 2 aromatic heterocycles. The lowest BCUT2D eigenvalue weighted by molar-refractivity contribution is -0.169. The van der Waals surface area contributed by atoms with Crippen molar-refractivity contribution in [3.63, 3.8) is 0 Å². The number of imidazole rings is 1. The quantitative estimate of drug-likeness (QED) is 0.471. The molecule has 10 nitrogen and oxygen atoms in total. The van der Waals surface area contributed by atoms with Gasteiger partial charge < -0.3 is 23.9 Å². The molecule has 0 radical (unpaired) electrons. The maximum absolute atomic E-state index is 12.9. The predicted octanol–water partition coefficient (Wildman–Crippen LogP) is 2.74. The van der Waals surface area contributed by atoms with Gasteiger partial charge in [-0.05, 0) is 49.9 Å². The molecule has 3 aromatic rings. The first-order valence-corrected chi connectivity index (χ1v) is 11.3. The number of H-pyrrole nitrogens is 1. The standard InChI is InChI=1S/C22H27ClN4O6/c1-14-13-15(6-7-16(14)23)33-21-24-18-19(25-21)26(2)22(29)27(20(18)28)8-10-30-11-12-32-17-5-3-4-9-31-17/h6-7,13,17H,3-5,8-12H2,1-2H3,(H,24,25). The Balaban J connectivity index is 1.40. The summed E-state index contributed by atoms with van der Waals surface area (Å²) in [6.07, 6.45) is 2.88. The number of hydrogen-bond acceptors (Lipinski definition) is 7. The maximum atomic E-state index is 12.9. The van der Waals surface area contributed by atoms with Gasteiger partial charge in [-0.25, -0.2) is 4.79 Å². The smallest absolute Gasteiger partial charge is 0.332 e. The summed E-state index contributed by atoms with van der Waals surface area (Å²) in [7, 11) is 1.55. The summed E-state index contributed by atoms with van der Waals surface area (Å²) in [4.78, 5) is 32.7. The van der Waals surface area contributed by atoms with Gasteiger partial charge in [0.05, 0.1) is 26.4 Å². The summed E-state index contributed by atoms with van der Waals surface area (Å²) in [5.41, 5.74) is 0.262. The minimum Gasteiger partial charge on any atom is -0.426 e. The van der Waals surface area contributed by atoms with Gasteiger partial charge >= 0.3 is 11.7 Å². The van der Waals surface area contributed by atoms with Crippen molar-refractivity contribution in [1.29, 1.82) is 0 Å². The zero-order chi connectivity index (χ0) is 23.4. The number of aromatic nitrogens is 4. The van der Waals surface area contributed by atoms with E-state index in [9.17, 15) is 9.59 Å². The molecule has 178 valence electrons. The van der Waals surface area contributed by atoms with Crippen molar-refractivity contribution in [2.75, 3.05) is 26.4 Å². The largest absolute Gasteiger partial charge is 0.426 e. The van der Waals surface area contributed by atoms with E-state index in [0.717, 1.165) is 36.0 Å². The molecule has 1 atom stereocenters. The summed E-state index contributed by atoms with van der Waals surface area (Å²) in [6, 6.07) is 5.27. The zero-order valence-corrected chi connectivity index (χ0v) is 19.4. The van der Waals surface area contributed by atoms with E-state index < -0.39 is 11.2 Å². The molecule has 0 spiro atoms. The van der Waals surface area contributed by atoms with Crippen LogP contribution < -0.4 is 16.0 Å². The molecule has 0 amide bonds. The highest BCUT2D eigenvalue weighted by atomic mass is 35.5. The second-order valence-electron chi connectivity index (χ2n) is 7.83. The van der Waals surface area contributed by atoms with Gasteiger partial charge in [-0.15, -0.1) is 0 Å². The summed E-state index contributed by atoms with van der Waals surface area (Å²) < 4.78 is 24.8. The molecular formula is C22H27ClN4O6. The molecular weight excluding hydrogens is 452 g/mol. The monoisotopic (exact) mass is 478 g/mol. The van der Waals surface area contributed by atoms with Gasteiger partial charge in [0.1, 0.15) is 5.75 Å². The molecule has 1 N–H and O–H groups in total. The Morgan fingerprint density at radius 2 is 2.09 bits per heavy atom. The fourth-order valence-electron chi connectivity index (χ4n) is 3.61. The van der Waals surface area contributed by atoms with Crippen LogP contribution in [0, 0.1) is 6.92 Å². The maximum Gasteiger partial charge on any atom is 0.332 e. The first-order valence-electron chi connectivity index (χ1n) is 10.9. The molecule has 1 saturated heterocycles. The number of fused-ring (bicyclic) bond motifs is 1. The van der Waals surface area contributed by atoms with Crippen LogP contribution in [0.4, 0.5) is 0 Å².